The zero-order chi connectivity index (χ0) is 27.0. The topological polar surface area (TPSA) is 52.7 Å². The molecule has 0 unspecified atom stereocenters. The molecule has 0 saturated carbocycles. The number of piperidine rings is 1. The van der Waals surface area contributed by atoms with E-state index in [1.54, 1.807) is 21.6 Å². The van der Waals surface area contributed by atoms with Gasteiger partial charge in [0.05, 0.1) is 10.4 Å². The number of urea groups is 1. The monoisotopic (exact) mass is 533 g/mol. The number of carbonyl (C=O) groups excluding carboxylic acids is 2. The van der Waals surface area contributed by atoms with Gasteiger partial charge in [0.15, 0.2) is 0 Å². The minimum Gasteiger partial charge on any atom is -0.324 e. The minimum absolute atomic E-state index is 0.145. The van der Waals surface area contributed by atoms with Crippen LogP contribution in [0.2, 0.25) is 0 Å². The predicted octanol–water partition coefficient (Wildman–Crippen LogP) is 7.17. The van der Waals surface area contributed by atoms with E-state index >= 15 is 0 Å². The number of anilines is 1. The number of amides is 3. The van der Waals surface area contributed by atoms with Gasteiger partial charge in [-0.3, -0.25) is 4.79 Å². The summed E-state index contributed by atoms with van der Waals surface area (Å²) in [6, 6.07) is 10.4. The summed E-state index contributed by atoms with van der Waals surface area (Å²) < 4.78 is 38.8. The van der Waals surface area contributed by atoms with Crippen LogP contribution in [0.1, 0.15) is 79.4 Å². The number of nitrogens with one attached hydrogen (secondary N) is 1. The van der Waals surface area contributed by atoms with Gasteiger partial charge < -0.3 is 15.1 Å². The lowest BCUT2D eigenvalue weighted by molar-refractivity contribution is -0.137. The number of likely N-dealkylation sites (tertiary alicyclic amines) is 1. The van der Waals surface area contributed by atoms with Gasteiger partial charge in [0.2, 0.25) is 0 Å². The SMILES string of the molecule is CC(C)c1cccc(C(C)C)c1NC(=O)N1CCC2(CC1)SCCN2C(=O)c1ccc(C(F)(F)F)cc1. The van der Waals surface area contributed by atoms with Crippen LogP contribution in [0.25, 0.3) is 0 Å². The van der Waals surface area contributed by atoms with Gasteiger partial charge in [0.25, 0.3) is 5.91 Å². The summed E-state index contributed by atoms with van der Waals surface area (Å²) in [5.74, 6) is 1.03. The van der Waals surface area contributed by atoms with Crippen LogP contribution in [-0.2, 0) is 6.18 Å². The van der Waals surface area contributed by atoms with Crippen LogP contribution in [0, 0.1) is 0 Å². The molecule has 2 aliphatic heterocycles. The van der Waals surface area contributed by atoms with Crippen LogP contribution in [-0.4, -0.2) is 52.0 Å². The molecule has 2 aromatic rings. The summed E-state index contributed by atoms with van der Waals surface area (Å²) in [7, 11) is 0. The molecule has 2 heterocycles. The number of halogens is 3. The Morgan fingerprint density at radius 3 is 2.00 bits per heavy atom. The second kappa shape index (κ2) is 10.6. The van der Waals surface area contributed by atoms with Crippen LogP contribution in [0.15, 0.2) is 42.5 Å². The lowest BCUT2D eigenvalue weighted by atomic mass is 9.92. The predicted molar refractivity (Wildman–Crippen MR) is 142 cm³/mol. The van der Waals surface area contributed by atoms with Crippen LogP contribution in [0.4, 0.5) is 23.7 Å². The Labute approximate surface area is 220 Å². The Balaban J connectivity index is 1.45. The van der Waals surface area contributed by atoms with Gasteiger partial charge in [-0.05, 0) is 60.1 Å². The first-order valence-corrected chi connectivity index (χ1v) is 13.7. The van der Waals surface area contributed by atoms with E-state index < -0.39 is 16.6 Å². The largest absolute Gasteiger partial charge is 0.416 e. The molecule has 0 aliphatic carbocycles. The Kier molecular flexibility index (Phi) is 7.83. The second-order valence-corrected chi connectivity index (χ2v) is 11.8. The van der Waals surface area contributed by atoms with Crippen molar-refractivity contribution in [3.8, 4) is 0 Å². The first-order chi connectivity index (χ1) is 17.4. The molecule has 2 aromatic carbocycles. The van der Waals surface area contributed by atoms with Gasteiger partial charge in [0, 0.05) is 36.6 Å². The number of carbonyl (C=O) groups is 2. The molecule has 0 bridgehead atoms. The molecule has 37 heavy (non-hydrogen) atoms. The highest BCUT2D eigenvalue weighted by Gasteiger charge is 2.47. The van der Waals surface area contributed by atoms with E-state index in [9.17, 15) is 22.8 Å². The molecule has 9 heteroatoms. The number of rotatable bonds is 4. The number of alkyl halides is 3. The zero-order valence-electron chi connectivity index (χ0n) is 21.7. The molecule has 1 N–H and O–H groups in total. The van der Waals surface area contributed by atoms with Gasteiger partial charge in [-0.25, -0.2) is 4.79 Å². The maximum Gasteiger partial charge on any atom is 0.416 e. The molecular weight excluding hydrogens is 499 g/mol. The minimum atomic E-state index is -4.44. The first kappa shape index (κ1) is 27.4. The highest BCUT2D eigenvalue weighted by Crippen LogP contribution is 2.45. The Bertz CT molecular complexity index is 1110. The molecule has 200 valence electrons. The molecule has 1 spiro atoms. The standard InChI is InChI=1S/C28H34F3N3O2S/c1-18(2)22-6-5-7-23(19(3)4)24(22)32-26(36)33-14-12-27(13-15-33)34(16-17-37-27)25(35)20-8-10-21(11-9-20)28(29,30)31/h5-11,18-19H,12-17H2,1-4H3,(H,32,36). The molecule has 2 fully saturated rings. The summed E-state index contributed by atoms with van der Waals surface area (Å²) in [6.45, 7) is 9.97. The fraction of sp³-hybridized carbons (Fsp3) is 0.500. The fourth-order valence-corrected chi connectivity index (χ4v) is 6.66. The van der Waals surface area contributed by atoms with E-state index in [1.165, 1.54) is 12.1 Å². The molecule has 4 rings (SSSR count). The van der Waals surface area contributed by atoms with Crippen LogP contribution >= 0.6 is 11.8 Å². The maximum absolute atomic E-state index is 13.3. The van der Waals surface area contributed by atoms with Crippen molar-refractivity contribution in [3.63, 3.8) is 0 Å². The number of hydrogen-bond donors (Lipinski definition) is 1. The van der Waals surface area contributed by atoms with Crippen molar-refractivity contribution >= 4 is 29.4 Å². The lowest BCUT2D eigenvalue weighted by Gasteiger charge is -2.44. The molecular formula is C28H34F3N3O2S. The Morgan fingerprint density at radius 2 is 1.49 bits per heavy atom. The van der Waals surface area contributed by atoms with Crippen molar-refractivity contribution in [3.05, 3.63) is 64.7 Å². The van der Waals surface area contributed by atoms with Gasteiger partial charge in [-0.15, -0.1) is 11.8 Å². The van der Waals surface area contributed by atoms with E-state index in [1.807, 2.05) is 6.07 Å². The van der Waals surface area contributed by atoms with E-state index in [2.05, 4.69) is 45.1 Å². The number of thioether (sulfide) groups is 1. The molecule has 0 atom stereocenters. The van der Waals surface area contributed by atoms with E-state index in [0.717, 1.165) is 34.7 Å². The van der Waals surface area contributed by atoms with E-state index in [-0.39, 0.29) is 29.3 Å². The van der Waals surface area contributed by atoms with Crippen molar-refractivity contribution in [2.45, 2.75) is 63.4 Å². The van der Waals surface area contributed by atoms with E-state index in [0.29, 0.717) is 32.5 Å². The number of benzene rings is 2. The first-order valence-electron chi connectivity index (χ1n) is 12.7. The van der Waals surface area contributed by atoms with E-state index in [4.69, 9.17) is 0 Å². The summed E-state index contributed by atoms with van der Waals surface area (Å²) >= 11 is 1.70. The van der Waals surface area contributed by atoms with Crippen molar-refractivity contribution in [1.82, 2.24) is 9.80 Å². The van der Waals surface area contributed by atoms with Gasteiger partial charge >= 0.3 is 12.2 Å². The van der Waals surface area contributed by atoms with Crippen LogP contribution in [0.3, 0.4) is 0 Å². The molecule has 2 aliphatic rings. The lowest BCUT2D eigenvalue weighted by Crippen LogP contribution is -2.54. The number of para-hydroxylation sites is 1. The molecule has 3 amide bonds. The van der Waals surface area contributed by atoms with Crippen LogP contribution in [0.5, 0.6) is 0 Å². The third-order valence-electron chi connectivity index (χ3n) is 7.32. The smallest absolute Gasteiger partial charge is 0.324 e. The summed E-state index contributed by atoms with van der Waals surface area (Å²) in [4.78, 5) is 29.7. The number of nitrogens with zero attached hydrogens (tertiary/aromatic N) is 2. The highest BCUT2D eigenvalue weighted by atomic mass is 32.2. The third kappa shape index (κ3) is 5.61. The molecule has 5 nitrogen and oxygen atoms in total. The molecule has 2 saturated heterocycles. The molecule has 0 radical (unpaired) electrons. The van der Waals surface area contributed by atoms with Crippen molar-refractivity contribution in [1.29, 1.82) is 0 Å². The van der Waals surface area contributed by atoms with Crippen LogP contribution < -0.4 is 5.32 Å². The fourth-order valence-electron chi connectivity index (χ4n) is 5.21. The highest BCUT2D eigenvalue weighted by molar-refractivity contribution is 8.00. The summed E-state index contributed by atoms with van der Waals surface area (Å²) in [5.41, 5.74) is 2.57. The normalized spacial score (nSPS) is 17.6. The maximum atomic E-state index is 13.3. The zero-order valence-corrected chi connectivity index (χ0v) is 22.5. The Morgan fingerprint density at radius 1 is 0.919 bits per heavy atom. The second-order valence-electron chi connectivity index (χ2n) is 10.4. The third-order valence-corrected chi connectivity index (χ3v) is 8.87. The Hall–Kier alpha value is -2.68. The summed E-state index contributed by atoms with van der Waals surface area (Å²) in [5, 5.41) is 3.18. The average Bonchev–Trinajstić information content (AvgIpc) is 3.26. The van der Waals surface area contributed by atoms with Crippen molar-refractivity contribution in [2.24, 2.45) is 0 Å². The van der Waals surface area contributed by atoms with Crippen molar-refractivity contribution < 1.29 is 22.8 Å². The van der Waals surface area contributed by atoms with Gasteiger partial charge in [-0.1, -0.05) is 45.9 Å². The molecule has 0 aromatic heterocycles. The van der Waals surface area contributed by atoms with Gasteiger partial charge in [0.1, 0.15) is 0 Å². The number of hydrogen-bond acceptors (Lipinski definition) is 3. The quantitative estimate of drug-likeness (QED) is 0.454. The van der Waals surface area contributed by atoms with Gasteiger partial charge in [-0.2, -0.15) is 13.2 Å². The summed E-state index contributed by atoms with van der Waals surface area (Å²) in [6.07, 6.45) is -3.22. The van der Waals surface area contributed by atoms with Crippen molar-refractivity contribution in [2.75, 3.05) is 30.7 Å². The average molecular weight is 534 g/mol.